The van der Waals surface area contributed by atoms with Crippen molar-refractivity contribution in [1.82, 2.24) is 9.97 Å². The highest BCUT2D eigenvalue weighted by Crippen LogP contribution is 2.29. The summed E-state index contributed by atoms with van der Waals surface area (Å²) in [6, 6.07) is 5.17. The number of rotatable bonds is 4. The van der Waals surface area contributed by atoms with Crippen molar-refractivity contribution >= 4 is 11.0 Å². The Hall–Kier alpha value is -1.76. The standard InChI is InChI=1S/C16H20N2O4/c1-21-13-6-5-11-14(18-13)10(7-8-17-11)15(19)16(20)12-4-2-3-9-22-12/h5-8,12,15-16,19-20H,2-4,9H2,1H3. The van der Waals surface area contributed by atoms with Crippen LogP contribution in [0, 0.1) is 0 Å². The van der Waals surface area contributed by atoms with Gasteiger partial charge in [-0.1, -0.05) is 0 Å². The molecule has 0 aromatic carbocycles. The van der Waals surface area contributed by atoms with Crippen molar-refractivity contribution < 1.29 is 19.7 Å². The molecule has 0 radical (unpaired) electrons. The maximum atomic E-state index is 10.6. The highest BCUT2D eigenvalue weighted by atomic mass is 16.5. The number of aliphatic hydroxyl groups excluding tert-OH is 2. The molecule has 1 aliphatic rings. The van der Waals surface area contributed by atoms with E-state index in [9.17, 15) is 10.2 Å². The first-order valence-corrected chi connectivity index (χ1v) is 7.48. The van der Waals surface area contributed by atoms with Gasteiger partial charge in [0.1, 0.15) is 12.2 Å². The van der Waals surface area contributed by atoms with Gasteiger partial charge in [0, 0.05) is 24.4 Å². The monoisotopic (exact) mass is 304 g/mol. The number of pyridine rings is 2. The van der Waals surface area contributed by atoms with Crippen molar-refractivity contribution in [2.75, 3.05) is 13.7 Å². The van der Waals surface area contributed by atoms with Crippen LogP contribution in [0.5, 0.6) is 5.88 Å². The molecule has 2 aromatic rings. The van der Waals surface area contributed by atoms with Gasteiger partial charge in [0.15, 0.2) is 0 Å². The molecule has 3 rings (SSSR count). The van der Waals surface area contributed by atoms with Gasteiger partial charge in [-0.15, -0.1) is 0 Å². The zero-order valence-electron chi connectivity index (χ0n) is 12.5. The lowest BCUT2D eigenvalue weighted by atomic mass is 9.95. The number of aromatic nitrogens is 2. The number of fused-ring (bicyclic) bond motifs is 1. The van der Waals surface area contributed by atoms with E-state index in [-0.39, 0.29) is 6.10 Å². The Kier molecular flexibility index (Phi) is 4.52. The molecule has 0 spiro atoms. The van der Waals surface area contributed by atoms with Crippen molar-refractivity contribution in [2.24, 2.45) is 0 Å². The third-order valence-corrected chi connectivity index (χ3v) is 4.04. The summed E-state index contributed by atoms with van der Waals surface area (Å²) in [5.74, 6) is 0.442. The van der Waals surface area contributed by atoms with Crippen LogP contribution < -0.4 is 4.74 Å². The van der Waals surface area contributed by atoms with Crippen LogP contribution in [-0.4, -0.2) is 46.1 Å². The summed E-state index contributed by atoms with van der Waals surface area (Å²) in [5.41, 5.74) is 1.71. The van der Waals surface area contributed by atoms with Crippen molar-refractivity contribution in [3.63, 3.8) is 0 Å². The van der Waals surface area contributed by atoms with Crippen molar-refractivity contribution in [3.05, 3.63) is 30.0 Å². The van der Waals surface area contributed by atoms with Crippen LogP contribution in [0.3, 0.4) is 0 Å². The first kappa shape index (κ1) is 15.1. The fourth-order valence-electron chi connectivity index (χ4n) is 2.80. The summed E-state index contributed by atoms with van der Waals surface area (Å²) < 4.78 is 10.7. The molecular weight excluding hydrogens is 284 g/mol. The summed E-state index contributed by atoms with van der Waals surface area (Å²) >= 11 is 0. The van der Waals surface area contributed by atoms with Crippen LogP contribution in [0.25, 0.3) is 11.0 Å². The Bertz CT molecular complexity index is 643. The van der Waals surface area contributed by atoms with E-state index >= 15 is 0 Å². The molecule has 3 heterocycles. The number of ether oxygens (including phenoxy) is 2. The summed E-state index contributed by atoms with van der Waals surface area (Å²) in [5, 5.41) is 21.0. The molecule has 2 N–H and O–H groups in total. The quantitative estimate of drug-likeness (QED) is 0.892. The second-order valence-electron chi connectivity index (χ2n) is 5.46. The summed E-state index contributed by atoms with van der Waals surface area (Å²) in [6.45, 7) is 0.623. The molecule has 0 aliphatic carbocycles. The summed E-state index contributed by atoms with van der Waals surface area (Å²) in [7, 11) is 1.53. The fourth-order valence-corrected chi connectivity index (χ4v) is 2.80. The van der Waals surface area contributed by atoms with Gasteiger partial charge in [-0.3, -0.25) is 4.98 Å². The Morgan fingerprint density at radius 1 is 1.27 bits per heavy atom. The zero-order valence-corrected chi connectivity index (χ0v) is 12.5. The summed E-state index contributed by atoms with van der Waals surface area (Å²) in [6.07, 6.45) is 1.93. The van der Waals surface area contributed by atoms with E-state index in [0.29, 0.717) is 29.1 Å². The van der Waals surface area contributed by atoms with Gasteiger partial charge >= 0.3 is 0 Å². The van der Waals surface area contributed by atoms with E-state index in [1.807, 2.05) is 0 Å². The molecule has 1 saturated heterocycles. The van der Waals surface area contributed by atoms with Crippen molar-refractivity contribution in [1.29, 1.82) is 0 Å². The zero-order chi connectivity index (χ0) is 15.5. The average Bonchev–Trinajstić information content (AvgIpc) is 2.60. The van der Waals surface area contributed by atoms with Crippen LogP contribution in [0.1, 0.15) is 30.9 Å². The Morgan fingerprint density at radius 3 is 2.86 bits per heavy atom. The van der Waals surface area contributed by atoms with E-state index in [4.69, 9.17) is 9.47 Å². The van der Waals surface area contributed by atoms with Crippen molar-refractivity contribution in [2.45, 2.75) is 37.6 Å². The Labute approximate surface area is 128 Å². The summed E-state index contributed by atoms with van der Waals surface area (Å²) in [4.78, 5) is 8.58. The van der Waals surface area contributed by atoms with Gasteiger partial charge in [0.25, 0.3) is 0 Å². The molecule has 0 bridgehead atoms. The van der Waals surface area contributed by atoms with Crippen LogP contribution in [0.15, 0.2) is 24.4 Å². The molecule has 6 heteroatoms. The number of nitrogens with zero attached hydrogens (tertiary/aromatic N) is 2. The minimum atomic E-state index is -1.08. The molecule has 22 heavy (non-hydrogen) atoms. The lowest BCUT2D eigenvalue weighted by Crippen LogP contribution is -2.36. The number of hydrogen-bond donors (Lipinski definition) is 2. The lowest BCUT2D eigenvalue weighted by molar-refractivity contribution is -0.107. The number of methoxy groups -OCH3 is 1. The van der Waals surface area contributed by atoms with E-state index in [1.165, 1.54) is 7.11 Å². The number of aliphatic hydroxyl groups is 2. The molecule has 6 nitrogen and oxygen atoms in total. The average molecular weight is 304 g/mol. The Morgan fingerprint density at radius 2 is 2.14 bits per heavy atom. The predicted octanol–water partition coefficient (Wildman–Crippen LogP) is 1.60. The largest absolute Gasteiger partial charge is 0.481 e. The topological polar surface area (TPSA) is 84.7 Å². The SMILES string of the molecule is COc1ccc2nccc(C(O)C(O)C3CCCCO3)c2n1. The van der Waals surface area contributed by atoms with Crippen LogP contribution in [0.2, 0.25) is 0 Å². The highest BCUT2D eigenvalue weighted by Gasteiger charge is 2.31. The van der Waals surface area contributed by atoms with Crippen molar-refractivity contribution in [3.8, 4) is 5.88 Å². The van der Waals surface area contributed by atoms with Crippen LogP contribution in [0.4, 0.5) is 0 Å². The number of hydrogen-bond acceptors (Lipinski definition) is 6. The van der Waals surface area contributed by atoms with E-state index in [0.717, 1.165) is 19.3 Å². The lowest BCUT2D eigenvalue weighted by Gasteiger charge is -2.30. The smallest absolute Gasteiger partial charge is 0.213 e. The van der Waals surface area contributed by atoms with E-state index in [1.54, 1.807) is 24.4 Å². The van der Waals surface area contributed by atoms with Gasteiger partial charge in [-0.25, -0.2) is 4.98 Å². The third kappa shape index (κ3) is 2.90. The maximum Gasteiger partial charge on any atom is 0.213 e. The van der Waals surface area contributed by atoms with Gasteiger partial charge < -0.3 is 19.7 Å². The predicted molar refractivity (Wildman–Crippen MR) is 80.6 cm³/mol. The first-order valence-electron chi connectivity index (χ1n) is 7.48. The molecule has 1 fully saturated rings. The fraction of sp³-hybridized carbons (Fsp3) is 0.500. The first-order chi connectivity index (χ1) is 10.7. The molecule has 118 valence electrons. The Balaban J connectivity index is 1.93. The molecule has 3 unspecified atom stereocenters. The molecule has 1 aliphatic heterocycles. The third-order valence-electron chi connectivity index (χ3n) is 4.04. The van der Waals surface area contributed by atoms with Crippen LogP contribution >= 0.6 is 0 Å². The molecular formula is C16H20N2O4. The van der Waals surface area contributed by atoms with Gasteiger partial charge in [-0.05, 0) is 31.4 Å². The normalized spacial score (nSPS) is 21.5. The minimum absolute atomic E-state index is 0.349. The van der Waals surface area contributed by atoms with Gasteiger partial charge in [0.2, 0.25) is 5.88 Å². The highest BCUT2D eigenvalue weighted by molar-refractivity contribution is 5.78. The molecule has 0 saturated carbocycles. The van der Waals surface area contributed by atoms with E-state index in [2.05, 4.69) is 9.97 Å². The molecule has 2 aromatic heterocycles. The van der Waals surface area contributed by atoms with E-state index < -0.39 is 12.2 Å². The van der Waals surface area contributed by atoms with Gasteiger partial charge in [-0.2, -0.15) is 0 Å². The maximum absolute atomic E-state index is 10.6. The second-order valence-corrected chi connectivity index (χ2v) is 5.46. The minimum Gasteiger partial charge on any atom is -0.481 e. The molecule has 0 amide bonds. The molecule has 3 atom stereocenters. The van der Waals surface area contributed by atoms with Gasteiger partial charge in [0.05, 0.1) is 24.2 Å². The second kappa shape index (κ2) is 6.56. The van der Waals surface area contributed by atoms with Crippen LogP contribution in [-0.2, 0) is 4.74 Å².